The number of hydrogen-bond donors (Lipinski definition) is 0. The Morgan fingerprint density at radius 2 is 2.21 bits per heavy atom. The quantitative estimate of drug-likeness (QED) is 0.859. The van der Waals surface area contributed by atoms with Gasteiger partial charge in [-0.25, -0.2) is 4.98 Å². The summed E-state index contributed by atoms with van der Waals surface area (Å²) in [5, 5.41) is 9.73. The van der Waals surface area contributed by atoms with Crippen LogP contribution in [0.2, 0.25) is 0 Å². The van der Waals surface area contributed by atoms with E-state index in [1.165, 1.54) is 47.3 Å². The number of nitriles is 1. The van der Waals surface area contributed by atoms with Gasteiger partial charge >= 0.3 is 0 Å². The maximum absolute atomic E-state index is 8.83. The van der Waals surface area contributed by atoms with Crippen LogP contribution in [0.1, 0.15) is 28.0 Å². The Morgan fingerprint density at radius 3 is 3.00 bits per heavy atom. The maximum atomic E-state index is 8.83. The molecule has 96 valence electrons. The molecule has 3 nitrogen and oxygen atoms in total. The van der Waals surface area contributed by atoms with Gasteiger partial charge in [0.15, 0.2) is 5.13 Å². The van der Waals surface area contributed by atoms with Gasteiger partial charge in [-0.15, -0.1) is 0 Å². The molecule has 0 amide bonds. The molecule has 0 atom stereocenters. The van der Waals surface area contributed by atoms with Crippen molar-refractivity contribution in [3.05, 3.63) is 46.0 Å². The van der Waals surface area contributed by atoms with Crippen molar-refractivity contribution in [1.82, 2.24) is 4.98 Å². The summed E-state index contributed by atoms with van der Waals surface area (Å²) in [4.78, 5) is 7.04. The van der Waals surface area contributed by atoms with Crippen molar-refractivity contribution >= 4 is 16.5 Å². The van der Waals surface area contributed by atoms with Crippen molar-refractivity contribution in [2.45, 2.75) is 25.8 Å². The van der Waals surface area contributed by atoms with Gasteiger partial charge in [-0.05, 0) is 36.0 Å². The normalized spacial score (nSPS) is 13.1. The summed E-state index contributed by atoms with van der Waals surface area (Å²) < 4.78 is 0. The van der Waals surface area contributed by atoms with E-state index in [2.05, 4.69) is 34.2 Å². The first-order valence-electron chi connectivity index (χ1n) is 6.44. The number of aromatic nitrogens is 1. The fourth-order valence-electron chi connectivity index (χ4n) is 2.56. The van der Waals surface area contributed by atoms with E-state index < -0.39 is 0 Å². The van der Waals surface area contributed by atoms with Crippen LogP contribution in [0.5, 0.6) is 0 Å². The minimum Gasteiger partial charge on any atom is -0.347 e. The first kappa shape index (κ1) is 12.2. The fraction of sp³-hybridized carbons (Fsp3) is 0.333. The summed E-state index contributed by atoms with van der Waals surface area (Å²) in [6.45, 7) is 0.839. The Bertz CT molecular complexity index is 639. The average molecular weight is 269 g/mol. The SMILES string of the molecule is CN(Cc1ccc2c(c1)CCC2)c1ncc(C#N)s1. The Labute approximate surface area is 117 Å². The van der Waals surface area contributed by atoms with Gasteiger partial charge in [-0.2, -0.15) is 5.26 Å². The Kier molecular flexibility index (Phi) is 3.22. The van der Waals surface area contributed by atoms with Gasteiger partial charge in [0.1, 0.15) is 10.9 Å². The van der Waals surface area contributed by atoms with E-state index >= 15 is 0 Å². The number of thiazole rings is 1. The minimum atomic E-state index is 0.663. The third-order valence-corrected chi connectivity index (χ3v) is 4.53. The third kappa shape index (κ3) is 2.47. The predicted octanol–water partition coefficient (Wildman–Crippen LogP) is 3.14. The van der Waals surface area contributed by atoms with E-state index in [4.69, 9.17) is 5.26 Å². The molecule has 0 bridgehead atoms. The van der Waals surface area contributed by atoms with Crippen LogP contribution in [0.4, 0.5) is 5.13 Å². The first-order valence-corrected chi connectivity index (χ1v) is 7.25. The number of aryl methyl sites for hydroxylation is 2. The Hall–Kier alpha value is -1.86. The minimum absolute atomic E-state index is 0.663. The van der Waals surface area contributed by atoms with Crippen molar-refractivity contribution in [2.24, 2.45) is 0 Å². The second-order valence-corrected chi connectivity index (χ2v) is 5.94. The molecule has 0 saturated carbocycles. The lowest BCUT2D eigenvalue weighted by Crippen LogP contribution is -2.16. The monoisotopic (exact) mass is 269 g/mol. The van der Waals surface area contributed by atoms with Crippen LogP contribution >= 0.6 is 11.3 Å². The lowest BCUT2D eigenvalue weighted by atomic mass is 10.1. The second-order valence-electron chi connectivity index (χ2n) is 4.93. The fourth-order valence-corrected chi connectivity index (χ4v) is 3.23. The Balaban J connectivity index is 1.76. The molecular weight excluding hydrogens is 254 g/mol. The van der Waals surface area contributed by atoms with Gasteiger partial charge in [0.05, 0.1) is 6.20 Å². The topological polar surface area (TPSA) is 39.9 Å². The predicted molar refractivity (Wildman–Crippen MR) is 77.4 cm³/mol. The van der Waals surface area contributed by atoms with Crippen LogP contribution in [-0.2, 0) is 19.4 Å². The van der Waals surface area contributed by atoms with E-state index in [1.807, 2.05) is 7.05 Å². The molecule has 0 fully saturated rings. The third-order valence-electron chi connectivity index (χ3n) is 3.51. The van der Waals surface area contributed by atoms with Crippen LogP contribution < -0.4 is 4.90 Å². The van der Waals surface area contributed by atoms with E-state index in [0.717, 1.165) is 11.7 Å². The van der Waals surface area contributed by atoms with Crippen LogP contribution in [0, 0.1) is 11.3 Å². The average Bonchev–Trinajstić information content (AvgIpc) is 3.06. The summed E-state index contributed by atoms with van der Waals surface area (Å²) in [5.74, 6) is 0. The smallest absolute Gasteiger partial charge is 0.186 e. The molecule has 1 heterocycles. The molecular formula is C15H15N3S. The number of nitrogens with zero attached hydrogens (tertiary/aromatic N) is 3. The molecule has 1 aromatic heterocycles. The highest BCUT2D eigenvalue weighted by Crippen LogP contribution is 2.25. The first-order chi connectivity index (χ1) is 9.26. The lowest BCUT2D eigenvalue weighted by molar-refractivity contribution is 0.904. The van der Waals surface area contributed by atoms with Gasteiger partial charge in [0.2, 0.25) is 0 Å². The molecule has 1 aliphatic rings. The van der Waals surface area contributed by atoms with Crippen molar-refractivity contribution in [3.63, 3.8) is 0 Å². The van der Waals surface area contributed by atoms with Crippen LogP contribution in [0.25, 0.3) is 0 Å². The van der Waals surface area contributed by atoms with Crippen molar-refractivity contribution in [2.75, 3.05) is 11.9 Å². The van der Waals surface area contributed by atoms with E-state index in [9.17, 15) is 0 Å². The molecule has 3 rings (SSSR count). The van der Waals surface area contributed by atoms with Gasteiger partial charge in [-0.1, -0.05) is 29.5 Å². The van der Waals surface area contributed by atoms with E-state index in [1.54, 1.807) is 6.20 Å². The molecule has 0 radical (unpaired) electrons. The summed E-state index contributed by atoms with van der Waals surface area (Å²) in [5.41, 5.74) is 4.33. The highest BCUT2D eigenvalue weighted by molar-refractivity contribution is 7.16. The number of rotatable bonds is 3. The van der Waals surface area contributed by atoms with Crippen molar-refractivity contribution < 1.29 is 0 Å². The highest BCUT2D eigenvalue weighted by atomic mass is 32.1. The largest absolute Gasteiger partial charge is 0.347 e. The molecule has 1 aromatic carbocycles. The van der Waals surface area contributed by atoms with Gasteiger partial charge in [-0.3, -0.25) is 0 Å². The molecule has 0 unspecified atom stereocenters. The van der Waals surface area contributed by atoms with Crippen molar-refractivity contribution in [1.29, 1.82) is 5.26 Å². The van der Waals surface area contributed by atoms with E-state index in [-0.39, 0.29) is 0 Å². The van der Waals surface area contributed by atoms with E-state index in [0.29, 0.717) is 4.88 Å². The molecule has 0 spiro atoms. The van der Waals surface area contributed by atoms with Gasteiger partial charge < -0.3 is 4.90 Å². The Morgan fingerprint density at radius 1 is 1.37 bits per heavy atom. The second kappa shape index (κ2) is 5.02. The molecule has 2 aromatic rings. The van der Waals surface area contributed by atoms with Crippen LogP contribution in [0.15, 0.2) is 24.4 Å². The number of benzene rings is 1. The number of fused-ring (bicyclic) bond motifs is 1. The summed E-state index contributed by atoms with van der Waals surface area (Å²) >= 11 is 1.44. The molecule has 19 heavy (non-hydrogen) atoms. The summed E-state index contributed by atoms with van der Waals surface area (Å²) in [6, 6.07) is 8.91. The summed E-state index contributed by atoms with van der Waals surface area (Å²) in [7, 11) is 2.02. The zero-order valence-electron chi connectivity index (χ0n) is 10.9. The highest BCUT2D eigenvalue weighted by Gasteiger charge is 2.12. The molecule has 0 saturated heterocycles. The number of anilines is 1. The summed E-state index contributed by atoms with van der Waals surface area (Å²) in [6.07, 6.45) is 5.36. The molecule has 0 aliphatic heterocycles. The van der Waals surface area contributed by atoms with Crippen LogP contribution in [-0.4, -0.2) is 12.0 Å². The molecule has 1 aliphatic carbocycles. The molecule has 0 N–H and O–H groups in total. The zero-order chi connectivity index (χ0) is 13.2. The van der Waals surface area contributed by atoms with Crippen LogP contribution in [0.3, 0.4) is 0 Å². The maximum Gasteiger partial charge on any atom is 0.186 e. The molecule has 4 heteroatoms. The van der Waals surface area contributed by atoms with Crippen molar-refractivity contribution in [3.8, 4) is 6.07 Å². The van der Waals surface area contributed by atoms with Gasteiger partial charge in [0, 0.05) is 13.6 Å². The van der Waals surface area contributed by atoms with Gasteiger partial charge in [0.25, 0.3) is 0 Å². The zero-order valence-corrected chi connectivity index (χ0v) is 11.7. The standard InChI is InChI=1S/C15H15N3S/c1-18(15-17-9-14(8-16)19-15)10-11-5-6-12-3-2-4-13(12)7-11/h5-7,9H,2-4,10H2,1H3. The lowest BCUT2D eigenvalue weighted by Gasteiger charge is -2.16. The number of hydrogen-bond acceptors (Lipinski definition) is 4.